The number of carbonyl (C=O) groups excluding carboxylic acids is 1. The molecule has 0 bridgehead atoms. The lowest BCUT2D eigenvalue weighted by atomic mass is 9.90. The van der Waals surface area contributed by atoms with Gasteiger partial charge in [-0.3, -0.25) is 4.79 Å². The van der Waals surface area contributed by atoms with E-state index in [9.17, 15) is 4.79 Å². The number of nitrogens with one attached hydrogen (secondary N) is 2. The lowest BCUT2D eigenvalue weighted by Gasteiger charge is -2.23. The summed E-state index contributed by atoms with van der Waals surface area (Å²) in [5, 5.41) is 14.7. The summed E-state index contributed by atoms with van der Waals surface area (Å²) in [7, 11) is 0. The fourth-order valence-corrected chi connectivity index (χ4v) is 1.28. The molecule has 15 heavy (non-hydrogen) atoms. The molecule has 0 aliphatic carbocycles. The highest BCUT2D eigenvalue weighted by Crippen LogP contribution is 2.17. The van der Waals surface area contributed by atoms with Crippen molar-refractivity contribution in [1.29, 1.82) is 0 Å². The highest BCUT2D eigenvalue weighted by Gasteiger charge is 2.16. The van der Waals surface area contributed by atoms with Crippen molar-refractivity contribution in [3.05, 3.63) is 0 Å². The van der Waals surface area contributed by atoms with Crippen LogP contribution in [-0.4, -0.2) is 36.8 Å². The van der Waals surface area contributed by atoms with Crippen LogP contribution in [0.15, 0.2) is 0 Å². The van der Waals surface area contributed by atoms with E-state index in [1.165, 1.54) is 0 Å². The smallest absolute Gasteiger partial charge is 0.234 e. The Morgan fingerprint density at radius 1 is 1.40 bits per heavy atom. The maximum absolute atomic E-state index is 11.3. The van der Waals surface area contributed by atoms with Gasteiger partial charge < -0.3 is 15.7 Å². The number of hydrogen-bond donors (Lipinski definition) is 3. The first kappa shape index (κ1) is 14.4. The Balaban J connectivity index is 3.65. The molecule has 0 saturated carbocycles. The zero-order valence-corrected chi connectivity index (χ0v) is 10.3. The molecule has 0 spiro atoms. The van der Waals surface area contributed by atoms with Crippen molar-refractivity contribution in [2.75, 3.05) is 19.7 Å². The first-order valence-electron chi connectivity index (χ1n) is 5.48. The van der Waals surface area contributed by atoms with Crippen molar-refractivity contribution < 1.29 is 9.90 Å². The number of aliphatic hydroxyl groups is 1. The fraction of sp³-hybridized carbons (Fsp3) is 0.909. The van der Waals surface area contributed by atoms with Crippen molar-refractivity contribution in [3.63, 3.8) is 0 Å². The third kappa shape index (κ3) is 8.39. The van der Waals surface area contributed by atoms with Gasteiger partial charge in [-0.1, -0.05) is 13.8 Å². The van der Waals surface area contributed by atoms with Gasteiger partial charge in [-0.2, -0.15) is 0 Å². The fourth-order valence-electron chi connectivity index (χ4n) is 1.28. The number of aliphatic hydroxyl groups excluding tert-OH is 1. The minimum absolute atomic E-state index is 0.0183. The Hall–Kier alpha value is -0.610. The second-order valence-corrected chi connectivity index (χ2v) is 4.96. The summed E-state index contributed by atoms with van der Waals surface area (Å²) in [5.74, 6) is 0.0183. The highest BCUT2D eigenvalue weighted by molar-refractivity contribution is 5.78. The Bertz CT molecular complexity index is 191. The zero-order chi connectivity index (χ0) is 11.9. The SMILES string of the molecule is CC(C)NC(=O)CNCC(C)(C)CCO. The molecule has 0 atom stereocenters. The quantitative estimate of drug-likeness (QED) is 0.581. The molecule has 0 aromatic carbocycles. The minimum atomic E-state index is 0.0183. The topological polar surface area (TPSA) is 61.4 Å². The van der Waals surface area contributed by atoms with Crippen LogP contribution in [0.1, 0.15) is 34.1 Å². The van der Waals surface area contributed by atoms with Crippen molar-refractivity contribution in [3.8, 4) is 0 Å². The van der Waals surface area contributed by atoms with E-state index in [4.69, 9.17) is 5.11 Å². The molecule has 1 amide bonds. The van der Waals surface area contributed by atoms with E-state index in [0.717, 1.165) is 13.0 Å². The van der Waals surface area contributed by atoms with E-state index in [1.54, 1.807) is 0 Å². The molecule has 0 fully saturated rings. The molecule has 3 N–H and O–H groups in total. The molecule has 0 aliphatic heterocycles. The van der Waals surface area contributed by atoms with E-state index in [-0.39, 0.29) is 24.0 Å². The molecule has 4 heteroatoms. The summed E-state index contributed by atoms with van der Waals surface area (Å²) < 4.78 is 0. The second-order valence-electron chi connectivity index (χ2n) is 4.96. The predicted molar refractivity (Wildman–Crippen MR) is 61.6 cm³/mol. The first-order valence-corrected chi connectivity index (χ1v) is 5.48. The number of rotatable bonds is 7. The molecule has 90 valence electrons. The average Bonchev–Trinajstić information content (AvgIpc) is 2.01. The summed E-state index contributed by atoms with van der Waals surface area (Å²) in [6.45, 7) is 9.27. The van der Waals surface area contributed by atoms with Gasteiger partial charge in [0, 0.05) is 19.2 Å². The molecule has 0 aliphatic rings. The van der Waals surface area contributed by atoms with Gasteiger partial charge in [-0.05, 0) is 25.7 Å². The van der Waals surface area contributed by atoms with Crippen LogP contribution < -0.4 is 10.6 Å². The van der Waals surface area contributed by atoms with E-state index in [0.29, 0.717) is 6.54 Å². The van der Waals surface area contributed by atoms with E-state index >= 15 is 0 Å². The summed E-state index contributed by atoms with van der Waals surface area (Å²) in [6, 6.07) is 0.185. The van der Waals surface area contributed by atoms with Gasteiger partial charge in [0.15, 0.2) is 0 Å². The molecule has 0 rings (SSSR count). The van der Waals surface area contributed by atoms with Crippen molar-refractivity contribution in [2.45, 2.75) is 40.2 Å². The predicted octanol–water partition coefficient (Wildman–Crippen LogP) is 0.509. The third-order valence-electron chi connectivity index (χ3n) is 2.13. The molecular formula is C11H24N2O2. The molecule has 4 nitrogen and oxygen atoms in total. The first-order chi connectivity index (χ1) is 6.87. The van der Waals surface area contributed by atoms with Gasteiger partial charge >= 0.3 is 0 Å². The van der Waals surface area contributed by atoms with Crippen LogP contribution in [0.5, 0.6) is 0 Å². The van der Waals surface area contributed by atoms with Gasteiger partial charge in [0.25, 0.3) is 0 Å². The largest absolute Gasteiger partial charge is 0.396 e. The molecule has 0 aromatic rings. The van der Waals surface area contributed by atoms with Gasteiger partial charge in [0.05, 0.1) is 6.54 Å². The number of hydrogen-bond acceptors (Lipinski definition) is 3. The summed E-state index contributed by atoms with van der Waals surface area (Å²) >= 11 is 0. The monoisotopic (exact) mass is 216 g/mol. The van der Waals surface area contributed by atoms with Crippen molar-refractivity contribution in [2.24, 2.45) is 5.41 Å². The Morgan fingerprint density at radius 2 is 2.00 bits per heavy atom. The lowest BCUT2D eigenvalue weighted by Crippen LogP contribution is -2.40. The average molecular weight is 216 g/mol. The van der Waals surface area contributed by atoms with Crippen molar-refractivity contribution >= 4 is 5.91 Å². The lowest BCUT2D eigenvalue weighted by molar-refractivity contribution is -0.120. The molecule has 0 unspecified atom stereocenters. The Kier molecular flexibility index (Phi) is 6.52. The standard InChI is InChI=1S/C11H24N2O2/c1-9(2)13-10(15)7-12-8-11(3,4)5-6-14/h9,12,14H,5-8H2,1-4H3,(H,13,15). The normalized spacial score (nSPS) is 11.9. The van der Waals surface area contributed by atoms with Crippen LogP contribution in [0.4, 0.5) is 0 Å². The third-order valence-corrected chi connectivity index (χ3v) is 2.13. The number of amides is 1. The zero-order valence-electron chi connectivity index (χ0n) is 10.3. The maximum Gasteiger partial charge on any atom is 0.234 e. The Labute approximate surface area is 92.4 Å². The highest BCUT2D eigenvalue weighted by atomic mass is 16.3. The van der Waals surface area contributed by atoms with E-state index in [2.05, 4.69) is 24.5 Å². The minimum Gasteiger partial charge on any atom is -0.396 e. The van der Waals surface area contributed by atoms with Crippen molar-refractivity contribution in [1.82, 2.24) is 10.6 Å². The second kappa shape index (κ2) is 6.80. The van der Waals surface area contributed by atoms with Gasteiger partial charge in [-0.15, -0.1) is 0 Å². The van der Waals surface area contributed by atoms with Crippen LogP contribution in [0.25, 0.3) is 0 Å². The summed E-state index contributed by atoms with van der Waals surface area (Å²) in [6.07, 6.45) is 0.742. The van der Waals surface area contributed by atoms with Gasteiger partial charge in [-0.25, -0.2) is 0 Å². The van der Waals surface area contributed by atoms with Gasteiger partial charge in [0.1, 0.15) is 0 Å². The molecule has 0 heterocycles. The number of carbonyl (C=O) groups is 1. The van der Waals surface area contributed by atoms with E-state index < -0.39 is 0 Å². The molecule has 0 aromatic heterocycles. The summed E-state index contributed by atoms with van der Waals surface area (Å²) in [4.78, 5) is 11.3. The van der Waals surface area contributed by atoms with E-state index in [1.807, 2.05) is 13.8 Å². The Morgan fingerprint density at radius 3 is 2.47 bits per heavy atom. The van der Waals surface area contributed by atoms with Crippen LogP contribution in [0.3, 0.4) is 0 Å². The summed E-state index contributed by atoms with van der Waals surface area (Å²) in [5.41, 5.74) is 0.0346. The van der Waals surface area contributed by atoms with Gasteiger partial charge in [0.2, 0.25) is 5.91 Å². The van der Waals surface area contributed by atoms with Crippen LogP contribution >= 0.6 is 0 Å². The molecular weight excluding hydrogens is 192 g/mol. The molecule has 0 radical (unpaired) electrons. The van der Waals surface area contributed by atoms with Crippen LogP contribution in [0.2, 0.25) is 0 Å². The maximum atomic E-state index is 11.3. The van der Waals surface area contributed by atoms with Crippen LogP contribution in [0, 0.1) is 5.41 Å². The van der Waals surface area contributed by atoms with Crippen LogP contribution in [-0.2, 0) is 4.79 Å². The molecule has 0 saturated heterocycles.